The van der Waals surface area contributed by atoms with Crippen molar-refractivity contribution in [1.29, 1.82) is 0 Å². The molecule has 3 aliphatic rings. The molecule has 2 aromatic heterocycles. The van der Waals surface area contributed by atoms with Gasteiger partial charge in [0.05, 0.1) is 36.4 Å². The molecule has 6 rings (SSSR count). The minimum atomic E-state index is -4.58. The van der Waals surface area contributed by atoms with Gasteiger partial charge in [0.15, 0.2) is 11.9 Å². The number of aliphatic hydroxyl groups excluding tert-OH is 1. The molecule has 266 valence electrons. The zero-order valence-electron chi connectivity index (χ0n) is 28.2. The Morgan fingerprint density at radius 3 is 2.18 bits per heavy atom. The Bertz CT molecular complexity index is 1600. The number of fused-ring (bicyclic) bond motifs is 1. The molecule has 49 heavy (non-hydrogen) atoms. The normalized spacial score (nSPS) is 22.1. The predicted octanol–water partition coefficient (Wildman–Crippen LogP) is 9.42. The third-order valence-corrected chi connectivity index (χ3v) is 10.3. The van der Waals surface area contributed by atoms with Gasteiger partial charge in [-0.15, -0.1) is 0 Å². The number of rotatable bonds is 8. The summed E-state index contributed by atoms with van der Waals surface area (Å²) >= 11 is 0. The van der Waals surface area contributed by atoms with E-state index in [1.54, 1.807) is 12.4 Å². The Morgan fingerprint density at radius 1 is 0.959 bits per heavy atom. The highest BCUT2D eigenvalue weighted by molar-refractivity contribution is 5.51. The molecule has 0 unspecified atom stereocenters. The van der Waals surface area contributed by atoms with Crippen LogP contribution in [0, 0.1) is 5.41 Å². The Hall–Kier alpha value is -3.41. The van der Waals surface area contributed by atoms with Gasteiger partial charge in [-0.2, -0.15) is 13.2 Å². The number of hydrogen-bond acceptors (Lipinski definition) is 6. The molecule has 1 N–H and O–H groups in total. The smallest absolute Gasteiger partial charge is 0.416 e. The van der Waals surface area contributed by atoms with Gasteiger partial charge < -0.3 is 14.7 Å². The van der Waals surface area contributed by atoms with Gasteiger partial charge in [-0.05, 0) is 79.5 Å². The highest BCUT2D eigenvalue weighted by Crippen LogP contribution is 2.52. The second-order valence-electron chi connectivity index (χ2n) is 14.7. The summed E-state index contributed by atoms with van der Waals surface area (Å²) in [5.41, 5.74) is 1.26. The van der Waals surface area contributed by atoms with Gasteiger partial charge in [-0.3, -0.25) is 4.98 Å². The molecule has 3 aromatic rings. The van der Waals surface area contributed by atoms with Gasteiger partial charge in [0, 0.05) is 48.7 Å². The van der Waals surface area contributed by atoms with Crippen molar-refractivity contribution in [2.75, 3.05) is 24.6 Å². The molecule has 12 heteroatoms. The van der Waals surface area contributed by atoms with Crippen molar-refractivity contribution in [1.82, 2.24) is 15.0 Å². The molecule has 0 bridgehead atoms. The van der Waals surface area contributed by atoms with Crippen molar-refractivity contribution >= 4 is 5.95 Å². The Kier molecular flexibility index (Phi) is 9.92. The van der Waals surface area contributed by atoms with Gasteiger partial charge >= 0.3 is 6.18 Å². The Balaban J connectivity index is 1.42. The van der Waals surface area contributed by atoms with Gasteiger partial charge in [-0.1, -0.05) is 32.9 Å². The number of pyridine rings is 1. The first-order valence-electron chi connectivity index (χ1n) is 17.3. The minimum Gasteiger partial charge on any atom is -0.490 e. The van der Waals surface area contributed by atoms with Crippen molar-refractivity contribution in [3.05, 3.63) is 75.9 Å². The Labute approximate surface area is 283 Å². The molecular weight excluding hydrogens is 646 g/mol. The predicted molar refractivity (Wildman–Crippen MR) is 174 cm³/mol. The zero-order chi connectivity index (χ0) is 35.1. The number of aromatic nitrogens is 3. The number of hydrogen-bond donors (Lipinski definition) is 1. The van der Waals surface area contributed by atoms with E-state index >= 15 is 4.39 Å². The number of alkyl halides is 6. The number of aliphatic hydroxyl groups is 1. The molecule has 1 saturated carbocycles. The van der Waals surface area contributed by atoms with Crippen LogP contribution in [0.3, 0.4) is 0 Å². The molecule has 3 heterocycles. The molecule has 2 aliphatic carbocycles. The van der Waals surface area contributed by atoms with Crippen LogP contribution in [-0.2, 0) is 12.6 Å². The average Bonchev–Trinajstić information content (AvgIpc) is 3.06. The third kappa shape index (κ3) is 7.68. The summed E-state index contributed by atoms with van der Waals surface area (Å²) in [7, 11) is 0. The summed E-state index contributed by atoms with van der Waals surface area (Å²) in [4.78, 5) is 16.1. The topological polar surface area (TPSA) is 71.4 Å². The molecule has 6 nitrogen and oxygen atoms in total. The first kappa shape index (κ1) is 35.4. The highest BCUT2D eigenvalue weighted by Gasteiger charge is 2.44. The van der Waals surface area contributed by atoms with Crippen LogP contribution in [0.5, 0.6) is 5.75 Å². The summed E-state index contributed by atoms with van der Waals surface area (Å²) in [5, 5.41) is 11.6. The number of ether oxygens (including phenoxy) is 1. The second-order valence-corrected chi connectivity index (χ2v) is 14.7. The molecule has 2 atom stereocenters. The van der Waals surface area contributed by atoms with Crippen molar-refractivity contribution in [3.8, 4) is 5.75 Å². The van der Waals surface area contributed by atoms with Crippen LogP contribution in [0.2, 0.25) is 0 Å². The first-order valence-corrected chi connectivity index (χ1v) is 17.3. The van der Waals surface area contributed by atoms with E-state index in [-0.39, 0.29) is 48.1 Å². The summed E-state index contributed by atoms with van der Waals surface area (Å²) in [6.45, 7) is 7.74. The number of nitrogens with zero attached hydrogens (tertiary/aromatic N) is 4. The van der Waals surface area contributed by atoms with Gasteiger partial charge in [0.25, 0.3) is 0 Å². The maximum absolute atomic E-state index is 17.2. The number of piperidine rings is 1. The number of halogens is 6. The van der Waals surface area contributed by atoms with E-state index in [1.807, 2.05) is 25.7 Å². The lowest BCUT2D eigenvalue weighted by Gasteiger charge is -2.41. The van der Waals surface area contributed by atoms with Crippen LogP contribution in [0.1, 0.15) is 135 Å². The molecule has 2 fully saturated rings. The van der Waals surface area contributed by atoms with E-state index in [9.17, 15) is 27.1 Å². The molecule has 0 radical (unpaired) electrons. The highest BCUT2D eigenvalue weighted by atomic mass is 19.4. The summed E-state index contributed by atoms with van der Waals surface area (Å²) in [5.74, 6) is -2.37. The van der Waals surface area contributed by atoms with E-state index in [2.05, 4.69) is 9.97 Å². The summed E-state index contributed by atoms with van der Waals surface area (Å²) in [6.07, 6.45) is -1.72. The fourth-order valence-electron chi connectivity index (χ4n) is 7.84. The zero-order valence-corrected chi connectivity index (χ0v) is 28.2. The molecule has 1 aliphatic heterocycles. The van der Waals surface area contributed by atoms with E-state index in [0.717, 1.165) is 30.7 Å². The SMILES string of the molecule is CCCOc1cnc(N2CCC(c3nc4c(c(C5CCC(F)(F)CC5)c3[C@@H](F)c3ccc(C(F)(F)F)cc3)[C@@H](O)CC(C)(C)C4)CC2)nc1. The standard InChI is InChI=1S/C37H44F6N4O2/c1-4-17-49-26-20-44-34(45-21-26)47-15-11-24(12-16-47)33-31(32(38)23-5-7-25(8-6-23)37(41,42)43)29(22-9-13-36(39,40)14-10-22)30-27(46-33)18-35(2,3)19-28(30)48/h5-8,20-22,24,28,32,48H,4,9-19H2,1-3H3/t28-,32-/m0/s1. The maximum Gasteiger partial charge on any atom is 0.416 e. The molecule has 0 spiro atoms. The molecule has 1 aromatic carbocycles. The molecule has 0 amide bonds. The Morgan fingerprint density at radius 2 is 1.59 bits per heavy atom. The van der Waals surface area contributed by atoms with E-state index < -0.39 is 35.9 Å². The van der Waals surface area contributed by atoms with Crippen molar-refractivity contribution < 1.29 is 36.2 Å². The lowest BCUT2D eigenvalue weighted by molar-refractivity contribution is -0.137. The van der Waals surface area contributed by atoms with E-state index in [1.165, 1.54) is 0 Å². The van der Waals surface area contributed by atoms with Crippen LogP contribution < -0.4 is 9.64 Å². The maximum atomic E-state index is 17.2. The monoisotopic (exact) mass is 690 g/mol. The van der Waals surface area contributed by atoms with Crippen LogP contribution >= 0.6 is 0 Å². The van der Waals surface area contributed by atoms with Crippen LogP contribution in [0.15, 0.2) is 36.7 Å². The lowest BCUT2D eigenvalue weighted by Crippen LogP contribution is -2.36. The lowest BCUT2D eigenvalue weighted by atomic mass is 9.68. The van der Waals surface area contributed by atoms with Crippen molar-refractivity contribution in [2.24, 2.45) is 5.41 Å². The second kappa shape index (κ2) is 13.7. The third-order valence-electron chi connectivity index (χ3n) is 10.3. The van der Waals surface area contributed by atoms with Crippen LogP contribution in [0.4, 0.5) is 32.3 Å². The number of anilines is 1. The number of benzene rings is 1. The average molecular weight is 691 g/mol. The van der Waals surface area contributed by atoms with Gasteiger partial charge in [0.1, 0.15) is 0 Å². The van der Waals surface area contributed by atoms with Crippen molar-refractivity contribution in [3.63, 3.8) is 0 Å². The largest absolute Gasteiger partial charge is 0.490 e. The van der Waals surface area contributed by atoms with Gasteiger partial charge in [-0.25, -0.2) is 23.1 Å². The van der Waals surface area contributed by atoms with E-state index in [0.29, 0.717) is 79.6 Å². The fourth-order valence-corrected chi connectivity index (χ4v) is 7.84. The quantitative estimate of drug-likeness (QED) is 0.238. The van der Waals surface area contributed by atoms with E-state index in [4.69, 9.17) is 9.72 Å². The molecular formula is C37H44F6N4O2. The van der Waals surface area contributed by atoms with Crippen molar-refractivity contribution in [2.45, 2.75) is 115 Å². The van der Waals surface area contributed by atoms with Crippen LogP contribution in [-0.4, -0.2) is 45.7 Å². The minimum absolute atomic E-state index is 0.0280. The fraction of sp³-hybridized carbons (Fsp3) is 0.595. The molecule has 1 saturated heterocycles. The first-order chi connectivity index (χ1) is 23.2. The van der Waals surface area contributed by atoms with Crippen LogP contribution in [0.25, 0.3) is 0 Å². The summed E-state index contributed by atoms with van der Waals surface area (Å²) < 4.78 is 92.0. The summed E-state index contributed by atoms with van der Waals surface area (Å²) in [6, 6.07) is 4.01. The van der Waals surface area contributed by atoms with Gasteiger partial charge in [0.2, 0.25) is 11.9 Å².